The van der Waals surface area contributed by atoms with Gasteiger partial charge >= 0.3 is 0 Å². The van der Waals surface area contributed by atoms with Crippen LogP contribution in [0.25, 0.3) is 0 Å². The topological polar surface area (TPSA) is 38.0 Å². The third-order valence-electron chi connectivity index (χ3n) is 4.12. The highest BCUT2D eigenvalue weighted by molar-refractivity contribution is 5.35. The molecule has 0 spiro atoms. The number of aryl methyl sites for hydroxylation is 3. The highest BCUT2D eigenvalue weighted by Crippen LogP contribution is 2.25. The van der Waals surface area contributed by atoms with Crippen LogP contribution in [0, 0.1) is 0 Å². The summed E-state index contributed by atoms with van der Waals surface area (Å²) in [6, 6.07) is 8.58. The zero-order valence-electron chi connectivity index (χ0n) is 12.0. The second-order valence-corrected chi connectivity index (χ2v) is 5.66. The van der Waals surface area contributed by atoms with E-state index in [-0.39, 0.29) is 0 Å². The molecule has 0 aliphatic heterocycles. The summed E-state index contributed by atoms with van der Waals surface area (Å²) >= 11 is 0. The molecule has 1 N–H and O–H groups in total. The largest absolute Gasteiger partial charge is 0.386 e. The minimum absolute atomic E-state index is 0.469. The van der Waals surface area contributed by atoms with Gasteiger partial charge in [-0.15, -0.1) is 0 Å². The van der Waals surface area contributed by atoms with Crippen molar-refractivity contribution >= 4 is 0 Å². The Morgan fingerprint density at radius 2 is 2.10 bits per heavy atom. The first-order valence-corrected chi connectivity index (χ1v) is 7.58. The molecule has 3 nitrogen and oxygen atoms in total. The summed E-state index contributed by atoms with van der Waals surface area (Å²) in [6.45, 7) is 2.99. The first-order chi connectivity index (χ1) is 9.78. The quantitative estimate of drug-likeness (QED) is 0.906. The average Bonchev–Trinajstić information content (AvgIpc) is 3.07. The lowest BCUT2D eigenvalue weighted by atomic mass is 10.0. The molecule has 0 radical (unpaired) electrons. The van der Waals surface area contributed by atoms with Crippen molar-refractivity contribution in [3.05, 3.63) is 52.8 Å². The Bertz CT molecular complexity index is 588. The normalized spacial score (nSPS) is 15.3. The van der Waals surface area contributed by atoms with Crippen LogP contribution in [0.1, 0.15) is 48.3 Å². The molecule has 1 aliphatic carbocycles. The molecule has 1 aromatic heterocycles. The molecule has 0 saturated carbocycles. The second kappa shape index (κ2) is 5.80. The van der Waals surface area contributed by atoms with E-state index in [9.17, 15) is 5.11 Å². The number of hydrogen-bond donors (Lipinski definition) is 1. The number of nitrogens with zero attached hydrogens (tertiary/aromatic N) is 2. The Kier molecular flexibility index (Phi) is 3.88. The van der Waals surface area contributed by atoms with Gasteiger partial charge in [0.2, 0.25) is 0 Å². The minimum Gasteiger partial charge on any atom is -0.386 e. The van der Waals surface area contributed by atoms with E-state index in [1.807, 2.05) is 10.7 Å². The smallest absolute Gasteiger partial charge is 0.0996 e. The van der Waals surface area contributed by atoms with E-state index >= 15 is 0 Å². The Hall–Kier alpha value is -1.61. The minimum atomic E-state index is -0.469. The van der Waals surface area contributed by atoms with Crippen molar-refractivity contribution in [2.45, 2.75) is 51.7 Å². The van der Waals surface area contributed by atoms with Crippen LogP contribution in [0.4, 0.5) is 0 Å². The molecule has 3 rings (SSSR count). The van der Waals surface area contributed by atoms with Crippen LogP contribution in [0.15, 0.2) is 30.5 Å². The Morgan fingerprint density at radius 1 is 1.25 bits per heavy atom. The molecule has 0 fully saturated rings. The van der Waals surface area contributed by atoms with Gasteiger partial charge in [-0.2, -0.15) is 5.10 Å². The van der Waals surface area contributed by atoms with E-state index in [4.69, 9.17) is 0 Å². The molecule has 0 bridgehead atoms. The summed E-state index contributed by atoms with van der Waals surface area (Å²) in [7, 11) is 0. The summed E-state index contributed by atoms with van der Waals surface area (Å²) in [6.07, 6.45) is 6.67. The predicted octanol–water partition coefficient (Wildman–Crippen LogP) is 3.06. The molecule has 106 valence electrons. The fraction of sp³-hybridized carbons (Fsp3) is 0.471. The molecule has 0 amide bonds. The van der Waals surface area contributed by atoms with E-state index < -0.39 is 6.10 Å². The number of rotatable bonds is 5. The van der Waals surface area contributed by atoms with Crippen molar-refractivity contribution in [1.29, 1.82) is 0 Å². The Balaban J connectivity index is 1.75. The molecule has 3 heteroatoms. The van der Waals surface area contributed by atoms with Gasteiger partial charge in [-0.1, -0.05) is 25.1 Å². The average molecular weight is 270 g/mol. The summed E-state index contributed by atoms with van der Waals surface area (Å²) < 4.78 is 1.91. The number of aliphatic hydroxyl groups is 1. The van der Waals surface area contributed by atoms with E-state index in [0.29, 0.717) is 6.42 Å². The van der Waals surface area contributed by atoms with Gasteiger partial charge < -0.3 is 5.11 Å². The van der Waals surface area contributed by atoms with Crippen molar-refractivity contribution in [3.63, 3.8) is 0 Å². The lowest BCUT2D eigenvalue weighted by Crippen LogP contribution is -2.11. The van der Waals surface area contributed by atoms with Gasteiger partial charge in [-0.05, 0) is 48.4 Å². The molecule has 0 saturated heterocycles. The van der Waals surface area contributed by atoms with Crippen LogP contribution in [-0.2, 0) is 25.8 Å². The van der Waals surface area contributed by atoms with E-state index in [1.165, 1.54) is 36.0 Å². The number of fused-ring (bicyclic) bond motifs is 1. The maximum atomic E-state index is 10.5. The van der Waals surface area contributed by atoms with Crippen LogP contribution >= 0.6 is 0 Å². The summed E-state index contributed by atoms with van der Waals surface area (Å²) in [5.41, 5.74) is 5.10. The summed E-state index contributed by atoms with van der Waals surface area (Å²) in [5.74, 6) is 0. The molecule has 1 aromatic carbocycles. The number of hydrogen-bond acceptors (Lipinski definition) is 2. The monoisotopic (exact) mass is 270 g/mol. The Morgan fingerprint density at radius 3 is 2.95 bits per heavy atom. The fourth-order valence-electron chi connectivity index (χ4n) is 3.10. The van der Waals surface area contributed by atoms with Gasteiger partial charge in [-0.3, -0.25) is 4.68 Å². The van der Waals surface area contributed by atoms with Crippen LogP contribution in [0.2, 0.25) is 0 Å². The molecule has 1 atom stereocenters. The Labute approximate surface area is 120 Å². The van der Waals surface area contributed by atoms with E-state index in [2.05, 4.69) is 30.2 Å². The molecular formula is C17H22N2O. The van der Waals surface area contributed by atoms with Gasteiger partial charge in [0.15, 0.2) is 0 Å². The van der Waals surface area contributed by atoms with Crippen LogP contribution < -0.4 is 0 Å². The zero-order chi connectivity index (χ0) is 13.9. The first-order valence-electron chi connectivity index (χ1n) is 7.58. The molecule has 1 aliphatic rings. The fourth-order valence-corrected chi connectivity index (χ4v) is 3.10. The van der Waals surface area contributed by atoms with Crippen molar-refractivity contribution in [2.75, 3.05) is 0 Å². The number of aliphatic hydroxyl groups excluding tert-OH is 1. The summed E-state index contributed by atoms with van der Waals surface area (Å²) in [4.78, 5) is 0. The van der Waals surface area contributed by atoms with E-state index in [0.717, 1.165) is 18.7 Å². The molecular weight excluding hydrogens is 248 g/mol. The molecule has 1 unspecified atom stereocenters. The zero-order valence-corrected chi connectivity index (χ0v) is 12.0. The van der Waals surface area contributed by atoms with Crippen LogP contribution in [-0.4, -0.2) is 14.9 Å². The van der Waals surface area contributed by atoms with Crippen LogP contribution in [0.5, 0.6) is 0 Å². The maximum absolute atomic E-state index is 10.5. The van der Waals surface area contributed by atoms with Crippen molar-refractivity contribution in [1.82, 2.24) is 9.78 Å². The SMILES string of the molecule is CCCn1nccc1C(O)Cc1ccc2c(c1)CCC2. The third-order valence-corrected chi connectivity index (χ3v) is 4.12. The summed E-state index contributed by atoms with van der Waals surface area (Å²) in [5, 5.41) is 14.7. The first kappa shape index (κ1) is 13.4. The number of benzene rings is 1. The number of aromatic nitrogens is 2. The third kappa shape index (κ3) is 2.63. The lowest BCUT2D eigenvalue weighted by molar-refractivity contribution is 0.166. The molecule has 2 aromatic rings. The van der Waals surface area contributed by atoms with E-state index in [1.54, 1.807) is 6.20 Å². The van der Waals surface area contributed by atoms with Gasteiger partial charge in [0.1, 0.15) is 0 Å². The van der Waals surface area contributed by atoms with Crippen LogP contribution in [0.3, 0.4) is 0 Å². The van der Waals surface area contributed by atoms with Crippen molar-refractivity contribution in [3.8, 4) is 0 Å². The van der Waals surface area contributed by atoms with Gasteiger partial charge in [0.05, 0.1) is 11.8 Å². The van der Waals surface area contributed by atoms with Gasteiger partial charge in [0.25, 0.3) is 0 Å². The lowest BCUT2D eigenvalue weighted by Gasteiger charge is -2.14. The highest BCUT2D eigenvalue weighted by Gasteiger charge is 2.16. The maximum Gasteiger partial charge on any atom is 0.0996 e. The van der Waals surface area contributed by atoms with Gasteiger partial charge in [-0.25, -0.2) is 0 Å². The molecule has 1 heterocycles. The molecule has 20 heavy (non-hydrogen) atoms. The predicted molar refractivity (Wildman–Crippen MR) is 79.6 cm³/mol. The second-order valence-electron chi connectivity index (χ2n) is 5.66. The van der Waals surface area contributed by atoms with Gasteiger partial charge in [0, 0.05) is 19.2 Å². The highest BCUT2D eigenvalue weighted by atomic mass is 16.3. The van der Waals surface area contributed by atoms with Crippen molar-refractivity contribution in [2.24, 2.45) is 0 Å². The standard InChI is InChI=1S/C17H22N2O/c1-2-10-19-16(8-9-18-19)17(20)12-13-6-7-14-4-3-5-15(14)11-13/h6-9,11,17,20H,2-5,10,12H2,1H3. The van der Waals surface area contributed by atoms with Crippen molar-refractivity contribution < 1.29 is 5.11 Å².